The van der Waals surface area contributed by atoms with Gasteiger partial charge in [-0.05, 0) is 24.5 Å². The molecule has 25 heavy (non-hydrogen) atoms. The lowest BCUT2D eigenvalue weighted by atomic mass is 10.0. The van der Waals surface area contributed by atoms with Crippen LogP contribution in [0.1, 0.15) is 20.3 Å². The first-order valence-corrected chi connectivity index (χ1v) is 8.39. The van der Waals surface area contributed by atoms with Gasteiger partial charge in [0.25, 0.3) is 5.56 Å². The summed E-state index contributed by atoms with van der Waals surface area (Å²) in [4.78, 5) is 23.5. The molecule has 2 aromatic rings. The summed E-state index contributed by atoms with van der Waals surface area (Å²) in [5.74, 6) is 1.27. The Morgan fingerprint density at radius 3 is 2.72 bits per heavy atom. The molecule has 1 atom stereocenters. The molecule has 0 N–H and O–H groups in total. The Morgan fingerprint density at radius 1 is 1.32 bits per heavy atom. The summed E-state index contributed by atoms with van der Waals surface area (Å²) < 4.78 is 7.28. The fourth-order valence-electron chi connectivity index (χ4n) is 3.11. The standard InChI is InChI=1S/C18H24N4O2.ClH/c1-13(2)10-15-12-24-9-8-22(15)18-20-16(11-17(23)21(18)3)14-4-6-19-7-5-14;/h4-7,11,13,15H,8-10,12H2,1-3H3;1H/t15-;/m1./s1. The van der Waals surface area contributed by atoms with Crippen LogP contribution in [0.5, 0.6) is 0 Å². The van der Waals surface area contributed by atoms with Gasteiger partial charge in [-0.2, -0.15) is 0 Å². The number of hydrogen-bond acceptors (Lipinski definition) is 5. The van der Waals surface area contributed by atoms with Crippen LogP contribution in [0.25, 0.3) is 11.3 Å². The summed E-state index contributed by atoms with van der Waals surface area (Å²) in [7, 11) is 1.78. The molecule has 0 radical (unpaired) electrons. The number of morpholine rings is 1. The van der Waals surface area contributed by atoms with E-state index < -0.39 is 0 Å². The van der Waals surface area contributed by atoms with E-state index in [4.69, 9.17) is 9.72 Å². The summed E-state index contributed by atoms with van der Waals surface area (Å²) >= 11 is 0. The fourth-order valence-corrected chi connectivity index (χ4v) is 3.11. The average Bonchev–Trinajstić information content (AvgIpc) is 2.58. The fraction of sp³-hybridized carbons (Fsp3) is 0.500. The minimum atomic E-state index is -0.0541. The lowest BCUT2D eigenvalue weighted by molar-refractivity contribution is 0.0864. The molecule has 136 valence electrons. The van der Waals surface area contributed by atoms with Crippen molar-refractivity contribution in [2.75, 3.05) is 24.7 Å². The number of halogens is 1. The van der Waals surface area contributed by atoms with Gasteiger partial charge in [0.15, 0.2) is 0 Å². The predicted molar refractivity (Wildman–Crippen MR) is 101 cm³/mol. The van der Waals surface area contributed by atoms with Gasteiger partial charge in [-0.15, -0.1) is 12.4 Å². The first-order valence-electron chi connectivity index (χ1n) is 8.39. The average molecular weight is 365 g/mol. The summed E-state index contributed by atoms with van der Waals surface area (Å²) in [5, 5.41) is 0. The number of nitrogens with zero attached hydrogens (tertiary/aromatic N) is 4. The van der Waals surface area contributed by atoms with Crippen LogP contribution in [0, 0.1) is 5.92 Å². The Balaban J connectivity index is 0.00000225. The molecule has 1 saturated heterocycles. The van der Waals surface area contributed by atoms with Gasteiger partial charge in [-0.3, -0.25) is 14.3 Å². The summed E-state index contributed by atoms with van der Waals surface area (Å²) in [5.41, 5.74) is 1.53. The highest BCUT2D eigenvalue weighted by atomic mass is 35.5. The van der Waals surface area contributed by atoms with Gasteiger partial charge in [0.05, 0.1) is 24.9 Å². The maximum absolute atomic E-state index is 12.5. The molecular weight excluding hydrogens is 340 g/mol. The second kappa shape index (κ2) is 8.45. The zero-order chi connectivity index (χ0) is 17.1. The molecule has 1 aliphatic heterocycles. The van der Waals surface area contributed by atoms with Crippen molar-refractivity contribution in [3.8, 4) is 11.3 Å². The van der Waals surface area contributed by atoms with E-state index >= 15 is 0 Å². The highest BCUT2D eigenvalue weighted by molar-refractivity contribution is 5.85. The molecule has 0 unspecified atom stereocenters. The number of pyridine rings is 1. The predicted octanol–water partition coefficient (Wildman–Crippen LogP) is 2.52. The second-order valence-corrected chi connectivity index (χ2v) is 6.63. The molecule has 6 nitrogen and oxygen atoms in total. The second-order valence-electron chi connectivity index (χ2n) is 6.63. The van der Waals surface area contributed by atoms with Gasteiger partial charge in [0.1, 0.15) is 0 Å². The smallest absolute Gasteiger partial charge is 0.255 e. The highest BCUT2D eigenvalue weighted by Gasteiger charge is 2.27. The van der Waals surface area contributed by atoms with Gasteiger partial charge in [0.2, 0.25) is 5.95 Å². The zero-order valence-electron chi connectivity index (χ0n) is 14.9. The van der Waals surface area contributed by atoms with E-state index in [2.05, 4.69) is 23.7 Å². The molecule has 3 heterocycles. The van der Waals surface area contributed by atoms with Crippen molar-refractivity contribution in [3.05, 3.63) is 40.9 Å². The Morgan fingerprint density at radius 2 is 2.04 bits per heavy atom. The summed E-state index contributed by atoms with van der Waals surface area (Å²) in [6.07, 6.45) is 4.43. The molecule has 0 saturated carbocycles. The highest BCUT2D eigenvalue weighted by Crippen LogP contribution is 2.23. The van der Waals surface area contributed by atoms with E-state index in [1.165, 1.54) is 0 Å². The van der Waals surface area contributed by atoms with E-state index in [0.29, 0.717) is 30.8 Å². The third kappa shape index (κ3) is 4.38. The molecule has 0 spiro atoms. The minimum absolute atomic E-state index is 0. The molecule has 7 heteroatoms. The summed E-state index contributed by atoms with van der Waals surface area (Å²) in [6.45, 7) is 6.48. The number of rotatable bonds is 4. The molecular formula is C18H25ClN4O2. The van der Waals surface area contributed by atoms with Gasteiger partial charge in [-0.1, -0.05) is 13.8 Å². The Bertz CT molecular complexity index is 748. The van der Waals surface area contributed by atoms with Crippen molar-refractivity contribution in [2.24, 2.45) is 13.0 Å². The van der Waals surface area contributed by atoms with Crippen LogP contribution in [-0.4, -0.2) is 40.3 Å². The van der Waals surface area contributed by atoms with Crippen LogP contribution in [0.2, 0.25) is 0 Å². The maximum Gasteiger partial charge on any atom is 0.255 e. The van der Waals surface area contributed by atoms with E-state index in [0.717, 1.165) is 18.5 Å². The lowest BCUT2D eigenvalue weighted by Crippen LogP contribution is -2.48. The van der Waals surface area contributed by atoms with E-state index in [1.807, 2.05) is 12.1 Å². The van der Waals surface area contributed by atoms with Crippen molar-refractivity contribution < 1.29 is 4.74 Å². The van der Waals surface area contributed by atoms with Crippen molar-refractivity contribution in [3.63, 3.8) is 0 Å². The molecule has 1 aliphatic rings. The monoisotopic (exact) mass is 364 g/mol. The maximum atomic E-state index is 12.5. The van der Waals surface area contributed by atoms with Crippen molar-refractivity contribution in [1.29, 1.82) is 0 Å². The molecule has 0 amide bonds. The first-order chi connectivity index (χ1) is 11.6. The third-order valence-electron chi connectivity index (χ3n) is 4.32. The number of anilines is 1. The molecule has 0 aliphatic carbocycles. The van der Waals surface area contributed by atoms with Crippen molar-refractivity contribution in [1.82, 2.24) is 14.5 Å². The zero-order valence-corrected chi connectivity index (χ0v) is 15.7. The topological polar surface area (TPSA) is 60.2 Å². The Labute approximate surface area is 154 Å². The number of hydrogen-bond donors (Lipinski definition) is 0. The van der Waals surface area contributed by atoms with Gasteiger partial charge < -0.3 is 9.64 Å². The molecule has 2 aromatic heterocycles. The van der Waals surface area contributed by atoms with Crippen LogP contribution in [0.4, 0.5) is 5.95 Å². The van der Waals surface area contributed by atoms with Crippen LogP contribution in [-0.2, 0) is 11.8 Å². The normalized spacial score (nSPS) is 17.4. The third-order valence-corrected chi connectivity index (χ3v) is 4.32. The van der Waals surface area contributed by atoms with E-state index in [-0.39, 0.29) is 24.0 Å². The number of ether oxygens (including phenoxy) is 1. The molecule has 0 aromatic carbocycles. The van der Waals surface area contributed by atoms with Crippen LogP contribution >= 0.6 is 12.4 Å². The SMILES string of the molecule is CC(C)C[C@@H]1COCCN1c1nc(-c2ccncc2)cc(=O)n1C.Cl. The molecule has 1 fully saturated rings. The Hall–Kier alpha value is -1.92. The van der Waals surface area contributed by atoms with Crippen LogP contribution < -0.4 is 10.5 Å². The van der Waals surface area contributed by atoms with Gasteiger partial charge in [-0.25, -0.2) is 4.98 Å². The number of aromatic nitrogens is 3. The van der Waals surface area contributed by atoms with Crippen LogP contribution in [0.15, 0.2) is 35.4 Å². The lowest BCUT2D eigenvalue weighted by Gasteiger charge is -2.38. The van der Waals surface area contributed by atoms with E-state index in [9.17, 15) is 4.79 Å². The first kappa shape index (κ1) is 19.4. The van der Waals surface area contributed by atoms with Gasteiger partial charge >= 0.3 is 0 Å². The van der Waals surface area contributed by atoms with E-state index in [1.54, 1.807) is 30.1 Å². The van der Waals surface area contributed by atoms with Crippen molar-refractivity contribution in [2.45, 2.75) is 26.3 Å². The van der Waals surface area contributed by atoms with Gasteiger partial charge in [0, 0.05) is 37.6 Å². The van der Waals surface area contributed by atoms with Crippen molar-refractivity contribution >= 4 is 18.4 Å². The Kier molecular flexibility index (Phi) is 6.56. The van der Waals surface area contributed by atoms with Crippen LogP contribution in [0.3, 0.4) is 0 Å². The summed E-state index contributed by atoms with van der Waals surface area (Å²) in [6, 6.07) is 5.56. The molecule has 3 rings (SSSR count). The largest absolute Gasteiger partial charge is 0.377 e. The molecule has 0 bridgehead atoms. The quantitative estimate of drug-likeness (QED) is 0.834. The minimum Gasteiger partial charge on any atom is -0.377 e.